The topological polar surface area (TPSA) is 49.3 Å². The van der Waals surface area contributed by atoms with E-state index in [0.717, 1.165) is 5.56 Å². The largest absolute Gasteiger partial charge is 0.493 e. The van der Waals surface area contributed by atoms with Gasteiger partial charge in [0.2, 0.25) is 11.6 Å². The number of rotatable bonds is 5. The molecule has 0 unspecified atom stereocenters. The zero-order valence-corrected chi connectivity index (χ0v) is 12.6. The monoisotopic (exact) mass is 279 g/mol. The SMILES string of the molecule is COc1cc(C2=N[C@H](C(C)C)CO2)cc(OC)c1OC. The lowest BCUT2D eigenvalue weighted by Gasteiger charge is -2.13. The first kappa shape index (κ1) is 14.5. The van der Waals surface area contributed by atoms with E-state index in [4.69, 9.17) is 18.9 Å². The molecule has 0 N–H and O–H groups in total. The van der Waals surface area contributed by atoms with Crippen LogP contribution in [-0.4, -0.2) is 39.9 Å². The Kier molecular flexibility index (Phi) is 4.37. The fourth-order valence-electron chi connectivity index (χ4n) is 2.09. The molecule has 5 heteroatoms. The molecule has 0 spiro atoms. The molecule has 0 saturated carbocycles. The molecule has 1 aliphatic rings. The van der Waals surface area contributed by atoms with Gasteiger partial charge in [-0.25, -0.2) is 4.99 Å². The lowest BCUT2D eigenvalue weighted by atomic mass is 10.1. The zero-order valence-electron chi connectivity index (χ0n) is 12.6. The molecular formula is C15H21NO4. The highest BCUT2D eigenvalue weighted by atomic mass is 16.5. The van der Waals surface area contributed by atoms with E-state index < -0.39 is 0 Å². The molecule has 1 aromatic rings. The molecule has 1 atom stereocenters. The number of methoxy groups -OCH3 is 3. The number of benzene rings is 1. The van der Waals surface area contributed by atoms with E-state index in [1.807, 2.05) is 12.1 Å². The Morgan fingerprint density at radius 3 is 2.10 bits per heavy atom. The molecule has 0 amide bonds. The quantitative estimate of drug-likeness (QED) is 0.831. The predicted octanol–water partition coefficient (Wildman–Crippen LogP) is 2.51. The van der Waals surface area contributed by atoms with E-state index in [1.54, 1.807) is 21.3 Å². The summed E-state index contributed by atoms with van der Waals surface area (Å²) in [7, 11) is 4.77. The predicted molar refractivity (Wildman–Crippen MR) is 77.2 cm³/mol. The second-order valence-corrected chi connectivity index (χ2v) is 4.97. The molecule has 20 heavy (non-hydrogen) atoms. The van der Waals surface area contributed by atoms with Gasteiger partial charge in [0.15, 0.2) is 11.5 Å². The average molecular weight is 279 g/mol. The maximum Gasteiger partial charge on any atom is 0.216 e. The summed E-state index contributed by atoms with van der Waals surface area (Å²) < 4.78 is 21.7. The van der Waals surface area contributed by atoms with Gasteiger partial charge in [0, 0.05) is 5.56 Å². The highest BCUT2D eigenvalue weighted by Gasteiger charge is 2.24. The summed E-state index contributed by atoms with van der Waals surface area (Å²) in [6.45, 7) is 4.88. The fourth-order valence-corrected chi connectivity index (χ4v) is 2.09. The maximum absolute atomic E-state index is 5.68. The molecule has 0 aliphatic carbocycles. The molecule has 1 heterocycles. The lowest BCUT2D eigenvalue weighted by Crippen LogP contribution is -2.13. The van der Waals surface area contributed by atoms with Crippen LogP contribution in [0.3, 0.4) is 0 Å². The van der Waals surface area contributed by atoms with Crippen molar-refractivity contribution in [2.24, 2.45) is 10.9 Å². The lowest BCUT2D eigenvalue weighted by molar-refractivity contribution is 0.291. The van der Waals surface area contributed by atoms with E-state index in [0.29, 0.717) is 35.7 Å². The number of aliphatic imine (C=N–C) groups is 1. The van der Waals surface area contributed by atoms with E-state index in [2.05, 4.69) is 18.8 Å². The Bertz CT molecular complexity index is 486. The second-order valence-electron chi connectivity index (χ2n) is 4.97. The van der Waals surface area contributed by atoms with Gasteiger partial charge in [-0.05, 0) is 18.1 Å². The van der Waals surface area contributed by atoms with Gasteiger partial charge in [-0.1, -0.05) is 13.8 Å². The van der Waals surface area contributed by atoms with E-state index in [1.165, 1.54) is 0 Å². The third-order valence-corrected chi connectivity index (χ3v) is 3.36. The van der Waals surface area contributed by atoms with Crippen molar-refractivity contribution in [3.8, 4) is 17.2 Å². The molecule has 0 saturated heterocycles. The van der Waals surface area contributed by atoms with Crippen LogP contribution < -0.4 is 14.2 Å². The number of hydrogen-bond donors (Lipinski definition) is 0. The first-order chi connectivity index (χ1) is 9.60. The van der Waals surface area contributed by atoms with Crippen LogP contribution in [-0.2, 0) is 4.74 Å². The van der Waals surface area contributed by atoms with Crippen molar-refractivity contribution in [2.75, 3.05) is 27.9 Å². The minimum atomic E-state index is 0.198. The van der Waals surface area contributed by atoms with Gasteiger partial charge in [-0.3, -0.25) is 0 Å². The molecule has 2 rings (SSSR count). The molecule has 0 aromatic heterocycles. The van der Waals surface area contributed by atoms with Crippen molar-refractivity contribution in [3.63, 3.8) is 0 Å². The third kappa shape index (κ3) is 2.66. The first-order valence-electron chi connectivity index (χ1n) is 6.61. The van der Waals surface area contributed by atoms with Gasteiger partial charge < -0.3 is 18.9 Å². The van der Waals surface area contributed by atoms with E-state index in [-0.39, 0.29) is 6.04 Å². The highest BCUT2D eigenvalue weighted by Crippen LogP contribution is 2.38. The zero-order chi connectivity index (χ0) is 14.7. The van der Waals surface area contributed by atoms with Crippen LogP contribution in [0, 0.1) is 5.92 Å². The second kappa shape index (κ2) is 6.03. The standard InChI is InChI=1S/C15H21NO4/c1-9(2)11-8-20-15(16-11)10-6-12(17-3)14(19-5)13(7-10)18-4/h6-7,9,11H,8H2,1-5H3/t11-/m0/s1. The van der Waals surface area contributed by atoms with Crippen LogP contribution in [0.25, 0.3) is 0 Å². The van der Waals surface area contributed by atoms with Crippen molar-refractivity contribution in [3.05, 3.63) is 17.7 Å². The molecular weight excluding hydrogens is 258 g/mol. The van der Waals surface area contributed by atoms with Gasteiger partial charge in [-0.2, -0.15) is 0 Å². The smallest absolute Gasteiger partial charge is 0.216 e. The summed E-state index contributed by atoms with van der Waals surface area (Å²) in [5.74, 6) is 2.84. The van der Waals surface area contributed by atoms with Gasteiger partial charge in [0.1, 0.15) is 6.61 Å². The summed E-state index contributed by atoms with van der Waals surface area (Å²) in [5, 5.41) is 0. The molecule has 1 aliphatic heterocycles. The average Bonchev–Trinajstić information content (AvgIpc) is 2.95. The number of nitrogens with zero attached hydrogens (tertiary/aromatic N) is 1. The van der Waals surface area contributed by atoms with Crippen molar-refractivity contribution in [1.82, 2.24) is 0 Å². The van der Waals surface area contributed by atoms with E-state index in [9.17, 15) is 0 Å². The molecule has 0 fully saturated rings. The van der Waals surface area contributed by atoms with Gasteiger partial charge in [0.05, 0.1) is 27.4 Å². The normalized spacial score (nSPS) is 17.7. The Balaban J connectivity index is 2.41. The van der Waals surface area contributed by atoms with Crippen LogP contribution >= 0.6 is 0 Å². The van der Waals surface area contributed by atoms with Crippen LogP contribution in [0.5, 0.6) is 17.2 Å². The molecule has 0 bridgehead atoms. The van der Waals surface area contributed by atoms with Gasteiger partial charge in [-0.15, -0.1) is 0 Å². The molecule has 0 radical (unpaired) electrons. The third-order valence-electron chi connectivity index (χ3n) is 3.36. The number of ether oxygens (including phenoxy) is 4. The van der Waals surface area contributed by atoms with Crippen LogP contribution in [0.1, 0.15) is 19.4 Å². The molecule has 110 valence electrons. The summed E-state index contributed by atoms with van der Waals surface area (Å²) in [6.07, 6.45) is 0. The fraction of sp³-hybridized carbons (Fsp3) is 0.533. The molecule has 5 nitrogen and oxygen atoms in total. The van der Waals surface area contributed by atoms with Crippen LogP contribution in [0.15, 0.2) is 17.1 Å². The minimum Gasteiger partial charge on any atom is -0.493 e. The van der Waals surface area contributed by atoms with Crippen molar-refractivity contribution >= 4 is 5.90 Å². The van der Waals surface area contributed by atoms with Crippen molar-refractivity contribution in [1.29, 1.82) is 0 Å². The van der Waals surface area contributed by atoms with E-state index >= 15 is 0 Å². The summed E-state index contributed by atoms with van der Waals surface area (Å²) in [5.41, 5.74) is 0.836. The Morgan fingerprint density at radius 2 is 1.70 bits per heavy atom. The molecule has 1 aromatic carbocycles. The summed E-state index contributed by atoms with van der Waals surface area (Å²) >= 11 is 0. The van der Waals surface area contributed by atoms with Crippen molar-refractivity contribution in [2.45, 2.75) is 19.9 Å². The maximum atomic E-state index is 5.68. The van der Waals surface area contributed by atoms with Crippen LogP contribution in [0.4, 0.5) is 0 Å². The Morgan fingerprint density at radius 1 is 1.10 bits per heavy atom. The highest BCUT2D eigenvalue weighted by molar-refractivity contribution is 5.96. The van der Waals surface area contributed by atoms with Gasteiger partial charge in [0.25, 0.3) is 0 Å². The number of hydrogen-bond acceptors (Lipinski definition) is 5. The Labute approximate surface area is 119 Å². The van der Waals surface area contributed by atoms with Gasteiger partial charge >= 0.3 is 0 Å². The summed E-state index contributed by atoms with van der Waals surface area (Å²) in [6, 6.07) is 3.90. The first-order valence-corrected chi connectivity index (χ1v) is 6.61. The Hall–Kier alpha value is -1.91. The summed E-state index contributed by atoms with van der Waals surface area (Å²) in [4.78, 5) is 4.61. The van der Waals surface area contributed by atoms with Crippen molar-refractivity contribution < 1.29 is 18.9 Å². The minimum absolute atomic E-state index is 0.198. The van der Waals surface area contributed by atoms with Crippen LogP contribution in [0.2, 0.25) is 0 Å².